The highest BCUT2D eigenvalue weighted by atomic mass is 35.5. The van der Waals surface area contributed by atoms with Gasteiger partial charge in [0.2, 0.25) is 10.0 Å². The first kappa shape index (κ1) is 19.4. The minimum Gasteiger partial charge on any atom is -0.294 e. The summed E-state index contributed by atoms with van der Waals surface area (Å²) in [6.45, 7) is 6.75. The van der Waals surface area contributed by atoms with E-state index in [0.717, 1.165) is 18.1 Å². The molecule has 3 aliphatic rings. The summed E-state index contributed by atoms with van der Waals surface area (Å²) >= 11 is 5.65. The molecule has 2 aliphatic carbocycles. The number of rotatable bonds is 4. The SMILES string of the molecule is CCN1CCN(S(=O)(=O)CC)CC1c1ccccc1.Clc1ccc2cc1-2. The molecule has 4 nitrogen and oxygen atoms in total. The lowest BCUT2D eigenvalue weighted by atomic mass is 10.0. The second-order valence-corrected chi connectivity index (χ2v) is 9.17. The molecular formula is C20H25ClN2O2S. The Morgan fingerprint density at radius 3 is 2.27 bits per heavy atom. The molecule has 1 aromatic rings. The molecule has 1 fully saturated rings. The van der Waals surface area contributed by atoms with E-state index in [0.29, 0.717) is 13.1 Å². The van der Waals surface area contributed by atoms with E-state index in [9.17, 15) is 8.42 Å². The van der Waals surface area contributed by atoms with Gasteiger partial charge in [0.15, 0.2) is 0 Å². The van der Waals surface area contributed by atoms with Crippen molar-refractivity contribution in [3.63, 3.8) is 0 Å². The quantitative estimate of drug-likeness (QED) is 0.672. The van der Waals surface area contributed by atoms with Crippen LogP contribution in [0.2, 0.25) is 5.02 Å². The first-order valence-electron chi connectivity index (χ1n) is 9.03. The van der Waals surface area contributed by atoms with E-state index in [-0.39, 0.29) is 11.8 Å². The number of likely N-dealkylation sites (N-methyl/N-ethyl adjacent to an activating group) is 1. The minimum atomic E-state index is -3.09. The lowest BCUT2D eigenvalue weighted by Gasteiger charge is -2.40. The van der Waals surface area contributed by atoms with Crippen molar-refractivity contribution in [1.29, 1.82) is 0 Å². The molecule has 0 N–H and O–H groups in total. The molecule has 6 heteroatoms. The molecule has 0 amide bonds. The third-order valence-electron chi connectivity index (χ3n) is 5.00. The standard InChI is InChI=1S/C14H22N2O2S.C6H3Cl/c1-3-15-10-11-16(19(17,18)4-2)12-14(15)13-8-6-5-7-9-13;7-6-2-1-4-3-5(4)6/h5-9,14H,3-4,10-12H2,1-2H3;1-3H. The molecule has 0 radical (unpaired) electrons. The molecule has 0 aromatic heterocycles. The van der Waals surface area contributed by atoms with Crippen molar-refractivity contribution in [1.82, 2.24) is 9.21 Å². The monoisotopic (exact) mass is 392 g/mol. The maximum absolute atomic E-state index is 12.0. The minimum absolute atomic E-state index is 0.168. The number of hydrogen-bond acceptors (Lipinski definition) is 3. The van der Waals surface area contributed by atoms with Crippen LogP contribution in [0, 0.1) is 0 Å². The van der Waals surface area contributed by atoms with Crippen LogP contribution in [0.1, 0.15) is 25.5 Å². The average molecular weight is 393 g/mol. The molecule has 140 valence electrons. The van der Waals surface area contributed by atoms with Crippen LogP contribution in [0.3, 0.4) is 0 Å². The number of benzene rings is 2. The van der Waals surface area contributed by atoms with Gasteiger partial charge in [-0.15, -0.1) is 0 Å². The highest BCUT2D eigenvalue weighted by Crippen LogP contribution is 2.40. The molecule has 0 spiro atoms. The van der Waals surface area contributed by atoms with Crippen molar-refractivity contribution in [3.05, 3.63) is 59.1 Å². The molecule has 0 bridgehead atoms. The first-order chi connectivity index (χ1) is 12.5. The average Bonchev–Trinajstić information content (AvgIpc) is 3.39. The number of halogens is 1. The fourth-order valence-electron chi connectivity index (χ4n) is 3.32. The third-order valence-corrected chi connectivity index (χ3v) is 7.17. The van der Waals surface area contributed by atoms with Crippen molar-refractivity contribution in [2.24, 2.45) is 0 Å². The van der Waals surface area contributed by atoms with Crippen molar-refractivity contribution < 1.29 is 8.42 Å². The number of fused-ring (bicyclic) bond motifs is 1. The Labute approximate surface area is 161 Å². The van der Waals surface area contributed by atoms with Gasteiger partial charge in [-0.2, -0.15) is 4.31 Å². The summed E-state index contributed by atoms with van der Waals surface area (Å²) < 4.78 is 25.7. The second kappa shape index (κ2) is 8.09. The van der Waals surface area contributed by atoms with Crippen molar-refractivity contribution in [2.75, 3.05) is 31.9 Å². The predicted octanol–water partition coefficient (Wildman–Crippen LogP) is 4.04. The van der Waals surface area contributed by atoms with Gasteiger partial charge < -0.3 is 0 Å². The molecule has 1 unspecified atom stereocenters. The molecular weight excluding hydrogens is 368 g/mol. The van der Waals surface area contributed by atoms with Crippen molar-refractivity contribution in [3.8, 4) is 11.1 Å². The summed E-state index contributed by atoms with van der Waals surface area (Å²) in [4.78, 5) is 2.34. The van der Waals surface area contributed by atoms with Gasteiger partial charge in [-0.1, -0.05) is 54.9 Å². The second-order valence-electron chi connectivity index (χ2n) is 6.51. The molecule has 1 heterocycles. The largest absolute Gasteiger partial charge is 0.294 e. The normalized spacial score (nSPS) is 19.6. The third kappa shape index (κ3) is 4.29. The zero-order valence-corrected chi connectivity index (χ0v) is 16.8. The number of nitrogens with zero attached hydrogens (tertiary/aromatic N) is 2. The Bertz CT molecular complexity index is 855. The first-order valence-corrected chi connectivity index (χ1v) is 11.0. The van der Waals surface area contributed by atoms with Gasteiger partial charge in [0.05, 0.1) is 5.75 Å². The summed E-state index contributed by atoms with van der Waals surface area (Å²) in [5, 5.41) is 0.898. The van der Waals surface area contributed by atoms with Crippen LogP contribution in [-0.2, 0) is 10.0 Å². The molecule has 1 aliphatic heterocycles. The maximum atomic E-state index is 12.0. The van der Waals surface area contributed by atoms with Crippen molar-refractivity contribution >= 4 is 21.6 Å². The summed E-state index contributed by atoms with van der Waals surface area (Å²) in [7, 11) is -3.09. The number of sulfonamides is 1. The molecule has 1 saturated heterocycles. The van der Waals surface area contributed by atoms with E-state index >= 15 is 0 Å². The topological polar surface area (TPSA) is 40.6 Å². The maximum Gasteiger partial charge on any atom is 0.213 e. The van der Waals surface area contributed by atoms with Crippen molar-refractivity contribution in [2.45, 2.75) is 19.9 Å². The van der Waals surface area contributed by atoms with Gasteiger partial charge in [0.25, 0.3) is 0 Å². The summed E-state index contributed by atoms with van der Waals surface area (Å²) in [6, 6.07) is 16.4. The Morgan fingerprint density at radius 2 is 1.81 bits per heavy atom. The van der Waals surface area contributed by atoms with E-state index in [1.54, 1.807) is 11.2 Å². The Morgan fingerprint density at radius 1 is 1.08 bits per heavy atom. The van der Waals surface area contributed by atoms with E-state index in [2.05, 4.69) is 30.0 Å². The fourth-order valence-corrected chi connectivity index (χ4v) is 4.64. The Balaban J connectivity index is 0.000000229. The van der Waals surface area contributed by atoms with E-state index in [4.69, 9.17) is 11.6 Å². The zero-order chi connectivity index (χ0) is 18.7. The van der Waals surface area contributed by atoms with Crippen LogP contribution in [-0.4, -0.2) is 49.6 Å². The van der Waals surface area contributed by atoms with Crippen LogP contribution >= 0.6 is 11.6 Å². The van der Waals surface area contributed by atoms with Gasteiger partial charge in [-0.3, -0.25) is 4.90 Å². The van der Waals surface area contributed by atoms with Crippen LogP contribution < -0.4 is 0 Å². The van der Waals surface area contributed by atoms with Gasteiger partial charge in [0, 0.05) is 36.3 Å². The van der Waals surface area contributed by atoms with Gasteiger partial charge >= 0.3 is 0 Å². The summed E-state index contributed by atoms with van der Waals surface area (Å²) in [5.41, 5.74) is 3.74. The van der Waals surface area contributed by atoms with Gasteiger partial charge in [0.1, 0.15) is 0 Å². The predicted molar refractivity (Wildman–Crippen MR) is 108 cm³/mol. The summed E-state index contributed by atoms with van der Waals surface area (Å²) in [6.07, 6.45) is 0. The highest BCUT2D eigenvalue weighted by Gasteiger charge is 2.32. The highest BCUT2D eigenvalue weighted by molar-refractivity contribution is 7.89. The van der Waals surface area contributed by atoms with E-state index < -0.39 is 10.0 Å². The number of piperazine rings is 1. The smallest absolute Gasteiger partial charge is 0.213 e. The van der Waals surface area contributed by atoms with Gasteiger partial charge in [-0.25, -0.2) is 8.42 Å². The van der Waals surface area contributed by atoms with E-state index in [1.807, 2.05) is 30.3 Å². The Kier molecular flexibility index (Phi) is 6.03. The molecule has 0 saturated carbocycles. The van der Waals surface area contributed by atoms with Crippen LogP contribution in [0.25, 0.3) is 11.1 Å². The lowest BCUT2D eigenvalue weighted by Crippen LogP contribution is -2.50. The van der Waals surface area contributed by atoms with Gasteiger partial charge in [-0.05, 0) is 36.7 Å². The molecule has 4 rings (SSSR count). The Hall–Kier alpha value is -1.40. The molecule has 1 aromatic carbocycles. The number of hydrogen-bond donors (Lipinski definition) is 0. The lowest BCUT2D eigenvalue weighted by molar-refractivity contribution is 0.124. The zero-order valence-electron chi connectivity index (χ0n) is 15.2. The molecule has 26 heavy (non-hydrogen) atoms. The fraction of sp³-hybridized carbons (Fsp3) is 0.400. The van der Waals surface area contributed by atoms with E-state index in [1.165, 1.54) is 16.7 Å². The van der Waals surface area contributed by atoms with Crippen LogP contribution in [0.15, 0.2) is 48.5 Å². The summed E-state index contributed by atoms with van der Waals surface area (Å²) in [5.74, 6) is 0.181. The van der Waals surface area contributed by atoms with Crippen LogP contribution in [0.5, 0.6) is 0 Å². The molecule has 1 atom stereocenters. The van der Waals surface area contributed by atoms with Crippen LogP contribution in [0.4, 0.5) is 0 Å².